The van der Waals surface area contributed by atoms with Gasteiger partial charge in [0.15, 0.2) is 0 Å². The van der Waals surface area contributed by atoms with E-state index in [1.165, 1.54) is 0 Å². The Morgan fingerprint density at radius 1 is 0.421 bits per heavy atom. The van der Waals surface area contributed by atoms with E-state index in [9.17, 15) is 0 Å². The highest BCUT2D eigenvalue weighted by atomic mass is 31.2. The molecule has 0 amide bonds. The van der Waals surface area contributed by atoms with E-state index in [1.54, 1.807) is 0 Å². The van der Waals surface area contributed by atoms with Crippen molar-refractivity contribution in [3.63, 3.8) is 0 Å². The first-order chi connectivity index (χ1) is 18.8. The molecule has 0 N–H and O–H groups in total. The van der Waals surface area contributed by atoms with Crippen LogP contribution in [0.2, 0.25) is 0 Å². The summed E-state index contributed by atoms with van der Waals surface area (Å²) in [4.78, 5) is 0. The topological polar surface area (TPSA) is 26.9 Å². The number of hydrogen-bond donors (Lipinski definition) is 0. The molecule has 0 radical (unpaired) electrons. The molecule has 0 aliphatic carbocycles. The molecule has 0 bridgehead atoms. The molecule has 5 aromatic carbocycles. The van der Waals surface area contributed by atoms with Crippen LogP contribution >= 0.6 is 7.14 Å². The van der Waals surface area contributed by atoms with Crippen molar-refractivity contribution < 1.29 is 4.57 Å². The van der Waals surface area contributed by atoms with Crippen LogP contribution in [0.1, 0.15) is 0 Å². The van der Waals surface area contributed by atoms with Crippen LogP contribution in [0.15, 0.2) is 140 Å². The summed E-state index contributed by atoms with van der Waals surface area (Å²) >= 11 is 0. The lowest BCUT2D eigenvalue weighted by Crippen LogP contribution is -2.29. The summed E-state index contributed by atoms with van der Waals surface area (Å²) in [5.41, 5.74) is 8.11. The Morgan fingerprint density at radius 2 is 0.789 bits per heavy atom. The van der Waals surface area contributed by atoms with Gasteiger partial charge in [-0.2, -0.15) is 0 Å². The predicted octanol–water partition coefficient (Wildman–Crippen LogP) is 7.19. The van der Waals surface area contributed by atoms with Gasteiger partial charge in [0.2, 0.25) is 7.14 Å². The number of rotatable bonds is 3. The Kier molecular flexibility index (Phi) is 4.50. The molecule has 180 valence electrons. The highest BCUT2D eigenvalue weighted by Crippen LogP contribution is 2.58. The van der Waals surface area contributed by atoms with E-state index < -0.39 is 7.14 Å². The molecule has 3 nitrogen and oxygen atoms in total. The summed E-state index contributed by atoms with van der Waals surface area (Å²) in [6, 6.07) is 47.6. The van der Waals surface area contributed by atoms with E-state index in [1.807, 2.05) is 66.7 Å². The molecule has 0 fully saturated rings. The van der Waals surface area contributed by atoms with Gasteiger partial charge in [-0.25, -0.2) is 0 Å². The minimum atomic E-state index is -3.33. The van der Waals surface area contributed by atoms with Gasteiger partial charge in [0.05, 0.1) is 11.0 Å². The minimum Gasteiger partial charge on any atom is -0.306 e. The van der Waals surface area contributed by atoms with Gasteiger partial charge in [-0.15, -0.1) is 0 Å². The number of hydrogen-bond acceptors (Lipinski definition) is 1. The fourth-order valence-electron chi connectivity index (χ4n) is 6.20. The Morgan fingerprint density at radius 3 is 1.24 bits per heavy atom. The van der Waals surface area contributed by atoms with Crippen molar-refractivity contribution in [1.82, 2.24) is 9.13 Å². The zero-order valence-electron chi connectivity index (χ0n) is 20.5. The van der Waals surface area contributed by atoms with Crippen LogP contribution in [-0.4, -0.2) is 9.13 Å². The average Bonchev–Trinajstić information content (AvgIpc) is 3.60. The maximum absolute atomic E-state index is 16.1. The molecule has 7 aromatic rings. The lowest BCUT2D eigenvalue weighted by Gasteiger charge is -2.22. The van der Waals surface area contributed by atoms with Crippen LogP contribution in [0.5, 0.6) is 0 Å². The first kappa shape index (κ1) is 21.5. The van der Waals surface area contributed by atoms with E-state index in [0.29, 0.717) is 0 Å². The van der Waals surface area contributed by atoms with E-state index in [2.05, 4.69) is 81.9 Å². The van der Waals surface area contributed by atoms with Crippen molar-refractivity contribution >= 4 is 45.1 Å². The molecule has 1 aliphatic heterocycles. The summed E-state index contributed by atoms with van der Waals surface area (Å²) in [6.45, 7) is 0. The number of aromatic nitrogens is 2. The van der Waals surface area contributed by atoms with Crippen LogP contribution in [0.4, 0.5) is 0 Å². The normalized spacial score (nSPS) is 13.6. The van der Waals surface area contributed by atoms with Gasteiger partial charge >= 0.3 is 0 Å². The third-order valence-corrected chi connectivity index (χ3v) is 10.8. The minimum absolute atomic E-state index is 0.847. The maximum atomic E-state index is 16.1. The maximum Gasteiger partial charge on any atom is 0.204 e. The van der Waals surface area contributed by atoms with Crippen molar-refractivity contribution in [2.75, 3.05) is 0 Å². The molecule has 38 heavy (non-hydrogen) atoms. The second kappa shape index (κ2) is 7.95. The zero-order valence-corrected chi connectivity index (χ0v) is 21.4. The molecule has 0 saturated heterocycles. The van der Waals surface area contributed by atoms with Gasteiger partial charge in [0.25, 0.3) is 0 Å². The molecular formula is C34H23N2OP. The van der Waals surface area contributed by atoms with Crippen LogP contribution in [0, 0.1) is 0 Å². The van der Waals surface area contributed by atoms with E-state index >= 15 is 4.57 Å². The van der Waals surface area contributed by atoms with Gasteiger partial charge in [-0.1, -0.05) is 103 Å². The van der Waals surface area contributed by atoms with Gasteiger partial charge < -0.3 is 13.7 Å². The highest BCUT2D eigenvalue weighted by molar-refractivity contribution is 7.86. The van der Waals surface area contributed by atoms with Gasteiger partial charge in [0.1, 0.15) is 10.9 Å². The fraction of sp³-hybridized carbons (Fsp3) is 0. The van der Waals surface area contributed by atoms with Gasteiger partial charge in [-0.3, -0.25) is 0 Å². The number of para-hydroxylation sites is 4. The second-order valence-electron chi connectivity index (χ2n) is 9.72. The Bertz CT molecular complexity index is 1910. The van der Waals surface area contributed by atoms with E-state index in [0.717, 1.165) is 60.5 Å². The van der Waals surface area contributed by atoms with E-state index in [-0.39, 0.29) is 0 Å². The smallest absolute Gasteiger partial charge is 0.204 e. The first-order valence-corrected chi connectivity index (χ1v) is 14.5. The summed E-state index contributed by atoms with van der Waals surface area (Å²) < 4.78 is 20.6. The van der Waals surface area contributed by atoms with Crippen LogP contribution in [-0.2, 0) is 4.57 Å². The van der Waals surface area contributed by atoms with Crippen molar-refractivity contribution in [2.45, 2.75) is 0 Å². The molecule has 0 spiro atoms. The molecule has 3 heterocycles. The summed E-state index contributed by atoms with van der Waals surface area (Å²) in [5, 5.41) is 3.09. The number of fused-ring (bicyclic) bond motifs is 7. The number of benzene rings is 5. The molecule has 0 atom stereocenters. The van der Waals surface area contributed by atoms with E-state index in [4.69, 9.17) is 0 Å². The van der Waals surface area contributed by atoms with Crippen molar-refractivity contribution in [3.05, 3.63) is 140 Å². The largest absolute Gasteiger partial charge is 0.306 e. The first-order valence-electron chi connectivity index (χ1n) is 12.8. The Labute approximate surface area is 220 Å². The SMILES string of the molecule is O=P1(c2ccccc2)c2c(c3ccccc3n2-c2ccccc2)-c2c1n(-c1ccccc1)c1ccccc21. The molecule has 8 rings (SSSR count). The third-order valence-electron chi connectivity index (χ3n) is 7.69. The Balaban J connectivity index is 1.65. The Hall–Kier alpha value is -4.59. The number of nitrogens with zero attached hydrogens (tertiary/aromatic N) is 2. The molecule has 0 unspecified atom stereocenters. The van der Waals surface area contributed by atoms with Crippen LogP contribution in [0.25, 0.3) is 44.3 Å². The van der Waals surface area contributed by atoms with Crippen LogP contribution < -0.4 is 16.2 Å². The summed E-state index contributed by atoms with van der Waals surface area (Å²) in [5.74, 6) is 0. The van der Waals surface area contributed by atoms with Gasteiger partial charge in [-0.05, 0) is 36.4 Å². The van der Waals surface area contributed by atoms with Crippen molar-refractivity contribution in [1.29, 1.82) is 0 Å². The monoisotopic (exact) mass is 506 g/mol. The lowest BCUT2D eigenvalue weighted by molar-refractivity contribution is 0.591. The lowest BCUT2D eigenvalue weighted by atomic mass is 10.0. The average molecular weight is 507 g/mol. The molecule has 0 saturated carbocycles. The second-order valence-corrected chi connectivity index (χ2v) is 12.3. The molecule has 4 heteroatoms. The van der Waals surface area contributed by atoms with Crippen LogP contribution in [0.3, 0.4) is 0 Å². The predicted molar refractivity (Wildman–Crippen MR) is 158 cm³/mol. The van der Waals surface area contributed by atoms with Gasteiger partial charge in [0, 0.05) is 38.6 Å². The highest BCUT2D eigenvalue weighted by Gasteiger charge is 2.49. The fourth-order valence-corrected chi connectivity index (χ4v) is 9.59. The molecule has 2 aromatic heterocycles. The summed E-state index contributed by atoms with van der Waals surface area (Å²) in [6.07, 6.45) is 0. The third kappa shape index (κ3) is 2.72. The molecular weight excluding hydrogens is 483 g/mol. The standard InChI is InChI=1S/C34H23N2OP/c37-38(26-18-8-3-9-19-26)33-31(27-20-10-12-22-29(27)35(33)24-14-4-1-5-15-24)32-28-21-11-13-23-30(28)36(34(32)38)25-16-6-2-7-17-25/h1-23H. The quantitative estimate of drug-likeness (QED) is 0.233. The van der Waals surface area contributed by atoms with Crippen molar-refractivity contribution in [2.24, 2.45) is 0 Å². The summed E-state index contributed by atoms with van der Waals surface area (Å²) in [7, 11) is -3.33. The van der Waals surface area contributed by atoms with Crippen molar-refractivity contribution in [3.8, 4) is 22.5 Å². The zero-order chi connectivity index (χ0) is 25.3. The molecule has 1 aliphatic rings.